The topological polar surface area (TPSA) is 50.6 Å². The largest absolute Gasteiger partial charge is 0.376 e. The predicted octanol–water partition coefficient (Wildman–Crippen LogP) is 1.68. The van der Waals surface area contributed by atoms with Crippen molar-refractivity contribution in [1.82, 2.24) is 14.7 Å². The first-order valence-electron chi connectivity index (χ1n) is 7.96. The number of rotatable bonds is 7. The molecule has 1 rings (SSSR count). The molecular formula is C16H28N4O. The minimum atomic E-state index is -0.122. The lowest BCUT2D eigenvalue weighted by molar-refractivity contribution is -0.128. The standard InChI is InChI=1S/C16H28N4O/c1-4-6-8-19(7-5-2)14-15(13-17)16(21)20-11-9-18(3)10-12-20/h14H,4-12H2,1-3H3/b15-14-. The van der Waals surface area contributed by atoms with Gasteiger partial charge in [0.15, 0.2) is 0 Å². The van der Waals surface area contributed by atoms with Crippen LogP contribution in [0.3, 0.4) is 0 Å². The third-order valence-corrected chi connectivity index (χ3v) is 3.76. The van der Waals surface area contributed by atoms with E-state index in [2.05, 4.69) is 36.8 Å². The van der Waals surface area contributed by atoms with Gasteiger partial charge in [-0.05, 0) is 19.9 Å². The molecule has 0 aromatic carbocycles. The summed E-state index contributed by atoms with van der Waals surface area (Å²) in [5.74, 6) is -0.122. The molecule has 0 bridgehead atoms. The Morgan fingerprint density at radius 1 is 1.19 bits per heavy atom. The van der Waals surface area contributed by atoms with Crippen molar-refractivity contribution in [2.24, 2.45) is 0 Å². The maximum Gasteiger partial charge on any atom is 0.266 e. The zero-order valence-electron chi connectivity index (χ0n) is 13.6. The molecule has 1 aliphatic rings. The molecule has 0 N–H and O–H groups in total. The van der Waals surface area contributed by atoms with Crippen LogP contribution in [0.5, 0.6) is 0 Å². The normalized spacial score (nSPS) is 16.7. The first kappa shape index (κ1) is 17.5. The zero-order valence-corrected chi connectivity index (χ0v) is 13.6. The number of carbonyl (C=O) groups excluding carboxylic acids is 1. The Morgan fingerprint density at radius 2 is 1.86 bits per heavy atom. The van der Waals surface area contributed by atoms with Gasteiger partial charge in [0.05, 0.1) is 0 Å². The molecule has 1 fully saturated rings. The smallest absolute Gasteiger partial charge is 0.266 e. The van der Waals surface area contributed by atoms with E-state index in [1.165, 1.54) is 0 Å². The summed E-state index contributed by atoms with van der Waals surface area (Å²) in [5, 5.41) is 9.32. The van der Waals surface area contributed by atoms with E-state index < -0.39 is 0 Å². The van der Waals surface area contributed by atoms with Crippen molar-refractivity contribution in [3.63, 3.8) is 0 Å². The van der Waals surface area contributed by atoms with Crippen molar-refractivity contribution < 1.29 is 4.79 Å². The highest BCUT2D eigenvalue weighted by Crippen LogP contribution is 2.08. The van der Waals surface area contributed by atoms with Gasteiger partial charge in [-0.1, -0.05) is 20.3 Å². The Bertz CT molecular complexity index is 392. The van der Waals surface area contributed by atoms with Crippen molar-refractivity contribution in [2.75, 3.05) is 46.3 Å². The monoisotopic (exact) mass is 292 g/mol. The van der Waals surface area contributed by atoms with Crippen LogP contribution in [0.2, 0.25) is 0 Å². The Balaban J connectivity index is 2.71. The molecule has 5 heteroatoms. The highest BCUT2D eigenvalue weighted by molar-refractivity contribution is 5.97. The van der Waals surface area contributed by atoms with Crippen LogP contribution in [-0.2, 0) is 4.79 Å². The summed E-state index contributed by atoms with van der Waals surface area (Å²) in [6.45, 7) is 9.22. The van der Waals surface area contributed by atoms with Crippen LogP contribution >= 0.6 is 0 Å². The van der Waals surface area contributed by atoms with Crippen molar-refractivity contribution in [1.29, 1.82) is 5.26 Å². The summed E-state index contributed by atoms with van der Waals surface area (Å²) in [6, 6.07) is 2.09. The highest BCUT2D eigenvalue weighted by Gasteiger charge is 2.22. The van der Waals surface area contributed by atoms with Crippen molar-refractivity contribution in [3.05, 3.63) is 11.8 Å². The van der Waals surface area contributed by atoms with Crippen LogP contribution < -0.4 is 0 Å². The maximum atomic E-state index is 12.4. The quantitative estimate of drug-likeness (QED) is 0.529. The van der Waals surface area contributed by atoms with E-state index in [4.69, 9.17) is 0 Å². The van der Waals surface area contributed by atoms with Crippen LogP contribution in [0, 0.1) is 11.3 Å². The molecule has 0 atom stereocenters. The fraction of sp³-hybridized carbons (Fsp3) is 0.750. The van der Waals surface area contributed by atoms with Gasteiger partial charge in [0.1, 0.15) is 11.6 Å². The van der Waals surface area contributed by atoms with Gasteiger partial charge >= 0.3 is 0 Å². The molecule has 0 aliphatic carbocycles. The summed E-state index contributed by atoms with van der Waals surface area (Å²) < 4.78 is 0. The van der Waals surface area contributed by atoms with Gasteiger partial charge in [-0.15, -0.1) is 0 Å². The van der Waals surface area contributed by atoms with Crippen LogP contribution in [0.4, 0.5) is 0 Å². The van der Waals surface area contributed by atoms with Crippen LogP contribution in [-0.4, -0.2) is 66.9 Å². The number of unbranched alkanes of at least 4 members (excludes halogenated alkanes) is 1. The molecule has 0 unspecified atom stereocenters. The highest BCUT2D eigenvalue weighted by atomic mass is 16.2. The van der Waals surface area contributed by atoms with Gasteiger partial charge in [-0.2, -0.15) is 5.26 Å². The molecule has 21 heavy (non-hydrogen) atoms. The Hall–Kier alpha value is -1.54. The summed E-state index contributed by atoms with van der Waals surface area (Å²) >= 11 is 0. The predicted molar refractivity (Wildman–Crippen MR) is 84.5 cm³/mol. The second kappa shape index (κ2) is 9.41. The molecule has 1 saturated heterocycles. The number of hydrogen-bond donors (Lipinski definition) is 0. The van der Waals surface area contributed by atoms with Gasteiger partial charge in [0.2, 0.25) is 0 Å². The summed E-state index contributed by atoms with van der Waals surface area (Å²) in [7, 11) is 2.05. The lowest BCUT2D eigenvalue weighted by atomic mass is 10.2. The molecule has 1 heterocycles. The number of likely N-dealkylation sites (N-methyl/N-ethyl adjacent to an activating group) is 1. The first-order chi connectivity index (χ1) is 10.1. The fourth-order valence-electron chi connectivity index (χ4n) is 2.38. The number of piperazine rings is 1. The lowest BCUT2D eigenvalue weighted by Gasteiger charge is -2.32. The van der Waals surface area contributed by atoms with Gasteiger partial charge in [0, 0.05) is 45.5 Å². The molecule has 0 spiro atoms. The number of nitriles is 1. The number of carbonyl (C=O) groups is 1. The van der Waals surface area contributed by atoms with Crippen LogP contribution in [0.15, 0.2) is 11.8 Å². The maximum absolute atomic E-state index is 12.4. The van der Waals surface area contributed by atoms with Gasteiger partial charge in [-0.25, -0.2) is 0 Å². The van der Waals surface area contributed by atoms with E-state index in [1.54, 1.807) is 11.1 Å². The third-order valence-electron chi connectivity index (χ3n) is 3.76. The molecule has 0 radical (unpaired) electrons. The van der Waals surface area contributed by atoms with E-state index in [0.29, 0.717) is 13.1 Å². The second-order valence-electron chi connectivity index (χ2n) is 5.64. The van der Waals surface area contributed by atoms with Crippen molar-refractivity contribution in [3.8, 4) is 6.07 Å². The summed E-state index contributed by atoms with van der Waals surface area (Å²) in [6.07, 6.45) is 4.97. The summed E-state index contributed by atoms with van der Waals surface area (Å²) in [5.41, 5.74) is 0.268. The molecule has 5 nitrogen and oxygen atoms in total. The Labute approximate surface area is 128 Å². The van der Waals surface area contributed by atoms with Gasteiger partial charge < -0.3 is 14.7 Å². The van der Waals surface area contributed by atoms with Gasteiger partial charge in [-0.3, -0.25) is 4.79 Å². The van der Waals surface area contributed by atoms with Crippen molar-refractivity contribution in [2.45, 2.75) is 33.1 Å². The molecule has 1 amide bonds. The van der Waals surface area contributed by atoms with E-state index in [9.17, 15) is 10.1 Å². The van der Waals surface area contributed by atoms with E-state index in [-0.39, 0.29) is 11.5 Å². The zero-order chi connectivity index (χ0) is 15.7. The average molecular weight is 292 g/mol. The molecule has 0 aromatic rings. The van der Waals surface area contributed by atoms with Crippen molar-refractivity contribution >= 4 is 5.91 Å². The van der Waals surface area contributed by atoms with E-state index in [0.717, 1.165) is 45.4 Å². The second-order valence-corrected chi connectivity index (χ2v) is 5.64. The lowest BCUT2D eigenvalue weighted by Crippen LogP contribution is -2.47. The molecule has 118 valence electrons. The van der Waals surface area contributed by atoms with Crippen LogP contribution in [0.25, 0.3) is 0 Å². The molecule has 1 aliphatic heterocycles. The molecule has 0 aromatic heterocycles. The SMILES string of the molecule is CCCCN(/C=C(/C#N)C(=O)N1CCN(C)CC1)CCC. The van der Waals surface area contributed by atoms with Crippen LogP contribution in [0.1, 0.15) is 33.1 Å². The van der Waals surface area contributed by atoms with Gasteiger partial charge in [0.25, 0.3) is 5.91 Å². The molecule has 0 saturated carbocycles. The Morgan fingerprint density at radius 3 is 2.38 bits per heavy atom. The fourth-order valence-corrected chi connectivity index (χ4v) is 2.38. The summed E-state index contributed by atoms with van der Waals surface area (Å²) in [4.78, 5) is 18.5. The number of hydrogen-bond acceptors (Lipinski definition) is 4. The number of amides is 1. The van der Waals surface area contributed by atoms with E-state index >= 15 is 0 Å². The first-order valence-corrected chi connectivity index (χ1v) is 7.96. The minimum Gasteiger partial charge on any atom is -0.376 e. The van der Waals surface area contributed by atoms with E-state index in [1.807, 2.05) is 0 Å². The number of nitrogens with zero attached hydrogens (tertiary/aromatic N) is 4. The average Bonchev–Trinajstić information content (AvgIpc) is 2.50. The molecular weight excluding hydrogens is 264 g/mol. The Kier molecular flexibility index (Phi) is 7.84. The minimum absolute atomic E-state index is 0.122. The third kappa shape index (κ3) is 5.76.